The van der Waals surface area contributed by atoms with Crippen LogP contribution in [0.2, 0.25) is 0 Å². The van der Waals surface area contributed by atoms with E-state index in [-0.39, 0.29) is 5.54 Å². The summed E-state index contributed by atoms with van der Waals surface area (Å²) in [6.45, 7) is 6.94. The molecule has 0 fully saturated rings. The molecule has 2 aromatic heterocycles. The van der Waals surface area contributed by atoms with E-state index >= 15 is 0 Å². The number of para-hydroxylation sites is 2. The molecule has 2 nitrogen and oxygen atoms in total. The van der Waals surface area contributed by atoms with E-state index in [1.54, 1.807) is 0 Å². The maximum absolute atomic E-state index is 2.55. The van der Waals surface area contributed by atoms with Crippen molar-refractivity contribution in [2.45, 2.75) is 26.3 Å². The first kappa shape index (κ1) is 22.1. The van der Waals surface area contributed by atoms with Gasteiger partial charge in [-0.3, -0.25) is 0 Å². The summed E-state index contributed by atoms with van der Waals surface area (Å²) in [6.07, 6.45) is 0. The molecular weight excluding hydrogens is 468 g/mol. The number of nitrogens with zero attached hydrogens (tertiary/aromatic N) is 2. The molecule has 0 aliphatic carbocycles. The Morgan fingerprint density at radius 1 is 0.568 bits per heavy atom. The van der Waals surface area contributed by atoms with Crippen LogP contribution in [0.5, 0.6) is 0 Å². The molecule has 0 radical (unpaired) electrons. The highest BCUT2D eigenvalue weighted by atomic mass is 32.1. The molecule has 0 saturated heterocycles. The van der Waals surface area contributed by atoms with Crippen molar-refractivity contribution in [2.24, 2.45) is 0 Å². The van der Waals surface area contributed by atoms with Gasteiger partial charge in [0.25, 0.3) is 0 Å². The van der Waals surface area contributed by atoms with Gasteiger partial charge in [-0.2, -0.15) is 0 Å². The summed E-state index contributed by atoms with van der Waals surface area (Å²) >= 11 is 1.89. The summed E-state index contributed by atoms with van der Waals surface area (Å²) in [6, 6.07) is 41.8. The van der Waals surface area contributed by atoms with Crippen molar-refractivity contribution in [3.8, 4) is 5.69 Å². The Morgan fingerprint density at radius 2 is 1.19 bits per heavy atom. The van der Waals surface area contributed by atoms with Gasteiger partial charge in [0.2, 0.25) is 0 Å². The van der Waals surface area contributed by atoms with Crippen LogP contribution in [0, 0.1) is 0 Å². The number of hydrogen-bond acceptors (Lipinski definition) is 2. The summed E-state index contributed by atoms with van der Waals surface area (Å²) in [4.78, 5) is 2.55. The van der Waals surface area contributed by atoms with Crippen LogP contribution in [0.4, 0.5) is 11.4 Å². The number of benzene rings is 5. The Labute approximate surface area is 221 Å². The maximum Gasteiger partial charge on any atom is 0.0597 e. The van der Waals surface area contributed by atoms with Gasteiger partial charge in [-0.1, -0.05) is 72.8 Å². The SMILES string of the molecule is CC(C)(C)N(c1cccc2c1sc1ccccc12)c1cccc2c1c1ccccc1n2-c1ccccc1. The highest BCUT2D eigenvalue weighted by Gasteiger charge is 2.29. The van der Waals surface area contributed by atoms with Gasteiger partial charge in [-0.15, -0.1) is 11.3 Å². The maximum atomic E-state index is 2.55. The van der Waals surface area contributed by atoms with Crippen molar-refractivity contribution in [3.63, 3.8) is 0 Å². The van der Waals surface area contributed by atoms with E-state index in [2.05, 4.69) is 145 Å². The summed E-state index contributed by atoms with van der Waals surface area (Å²) < 4.78 is 5.06. The zero-order chi connectivity index (χ0) is 25.1. The topological polar surface area (TPSA) is 8.17 Å². The van der Waals surface area contributed by atoms with Crippen LogP contribution in [0.25, 0.3) is 47.7 Å². The molecule has 0 atom stereocenters. The predicted octanol–water partition coefficient (Wildman–Crippen LogP) is 10.1. The van der Waals surface area contributed by atoms with Crippen molar-refractivity contribution >= 4 is 64.7 Å². The van der Waals surface area contributed by atoms with Crippen molar-refractivity contribution < 1.29 is 0 Å². The fourth-order valence-electron chi connectivity index (χ4n) is 5.80. The monoisotopic (exact) mass is 496 g/mol. The van der Waals surface area contributed by atoms with E-state index < -0.39 is 0 Å². The first-order chi connectivity index (χ1) is 18.0. The van der Waals surface area contributed by atoms with Crippen molar-refractivity contribution in [1.82, 2.24) is 4.57 Å². The average Bonchev–Trinajstić information content (AvgIpc) is 3.45. The zero-order valence-corrected chi connectivity index (χ0v) is 22.1. The number of fused-ring (bicyclic) bond motifs is 6. The fourth-order valence-corrected chi connectivity index (χ4v) is 7.01. The van der Waals surface area contributed by atoms with Crippen LogP contribution in [0.15, 0.2) is 115 Å². The van der Waals surface area contributed by atoms with Gasteiger partial charge >= 0.3 is 0 Å². The Bertz CT molecular complexity index is 1920. The molecule has 5 aromatic carbocycles. The Kier molecular flexibility index (Phi) is 4.92. The number of hydrogen-bond donors (Lipinski definition) is 0. The largest absolute Gasteiger partial charge is 0.334 e. The number of anilines is 2. The van der Waals surface area contributed by atoms with E-state index in [0.717, 1.165) is 0 Å². The second kappa shape index (κ2) is 8.22. The average molecular weight is 497 g/mol. The van der Waals surface area contributed by atoms with Gasteiger partial charge in [0.1, 0.15) is 0 Å². The molecule has 0 amide bonds. The van der Waals surface area contributed by atoms with Crippen LogP contribution in [-0.4, -0.2) is 10.1 Å². The fraction of sp³-hybridized carbons (Fsp3) is 0.118. The molecule has 0 spiro atoms. The number of rotatable bonds is 3. The lowest BCUT2D eigenvalue weighted by molar-refractivity contribution is 0.563. The minimum absolute atomic E-state index is 0.144. The summed E-state index contributed by atoms with van der Waals surface area (Å²) in [5.41, 5.74) is 5.98. The lowest BCUT2D eigenvalue weighted by Gasteiger charge is -2.38. The third-order valence-electron chi connectivity index (χ3n) is 7.23. The van der Waals surface area contributed by atoms with Crippen molar-refractivity contribution in [2.75, 3.05) is 4.90 Å². The minimum Gasteiger partial charge on any atom is -0.334 e. The van der Waals surface area contributed by atoms with E-state index in [1.807, 2.05) is 11.3 Å². The highest BCUT2D eigenvalue weighted by Crippen LogP contribution is 2.47. The zero-order valence-electron chi connectivity index (χ0n) is 21.3. The third-order valence-corrected chi connectivity index (χ3v) is 8.44. The standard InChI is InChI=1S/C34H28N2S/c1-34(2,3)36(30-21-11-17-25-24-15-8-10-22-31(24)37-33(25)30)29-20-12-19-28-32(29)26-16-7-9-18-27(26)35(28)23-13-5-4-6-14-23/h4-22H,1-3H3. The molecule has 7 aromatic rings. The van der Waals surface area contributed by atoms with E-state index in [0.29, 0.717) is 0 Å². The first-order valence-corrected chi connectivity index (χ1v) is 13.6. The minimum atomic E-state index is -0.144. The molecule has 3 heteroatoms. The summed E-state index contributed by atoms with van der Waals surface area (Å²) in [7, 11) is 0. The van der Waals surface area contributed by atoms with Crippen LogP contribution in [-0.2, 0) is 0 Å². The van der Waals surface area contributed by atoms with E-state index in [1.165, 1.54) is 59.0 Å². The van der Waals surface area contributed by atoms with Crippen LogP contribution < -0.4 is 4.90 Å². The lowest BCUT2D eigenvalue weighted by Crippen LogP contribution is -2.37. The molecule has 0 aliphatic heterocycles. The van der Waals surface area contributed by atoms with Crippen LogP contribution in [0.1, 0.15) is 20.8 Å². The highest BCUT2D eigenvalue weighted by molar-refractivity contribution is 7.26. The summed E-state index contributed by atoms with van der Waals surface area (Å²) in [5, 5.41) is 5.22. The number of aromatic nitrogens is 1. The number of thiophene rings is 1. The first-order valence-electron chi connectivity index (χ1n) is 12.8. The molecule has 0 bridgehead atoms. The van der Waals surface area contributed by atoms with Gasteiger partial charge < -0.3 is 9.47 Å². The molecular formula is C34H28N2S. The Morgan fingerprint density at radius 3 is 2.00 bits per heavy atom. The quantitative estimate of drug-likeness (QED) is 0.236. The molecule has 180 valence electrons. The Hall–Kier alpha value is -4.08. The van der Waals surface area contributed by atoms with Crippen molar-refractivity contribution in [1.29, 1.82) is 0 Å². The van der Waals surface area contributed by atoms with Crippen LogP contribution in [0.3, 0.4) is 0 Å². The second-order valence-corrected chi connectivity index (χ2v) is 11.7. The van der Waals surface area contributed by atoms with Gasteiger partial charge in [-0.05, 0) is 63.2 Å². The molecule has 0 N–H and O–H groups in total. The van der Waals surface area contributed by atoms with Gasteiger partial charge in [0, 0.05) is 37.5 Å². The third kappa shape index (κ3) is 3.38. The van der Waals surface area contributed by atoms with Gasteiger partial charge in [-0.25, -0.2) is 0 Å². The molecule has 0 unspecified atom stereocenters. The lowest BCUT2D eigenvalue weighted by atomic mass is 10.00. The molecule has 2 heterocycles. The van der Waals surface area contributed by atoms with Gasteiger partial charge in [0.05, 0.1) is 27.1 Å². The van der Waals surface area contributed by atoms with Gasteiger partial charge in [0.15, 0.2) is 0 Å². The summed E-state index contributed by atoms with van der Waals surface area (Å²) in [5.74, 6) is 0. The predicted molar refractivity (Wildman–Crippen MR) is 162 cm³/mol. The second-order valence-electron chi connectivity index (χ2n) is 10.6. The smallest absolute Gasteiger partial charge is 0.0597 e. The van der Waals surface area contributed by atoms with E-state index in [9.17, 15) is 0 Å². The van der Waals surface area contributed by atoms with Crippen LogP contribution >= 0.6 is 11.3 Å². The molecule has 7 rings (SSSR count). The van der Waals surface area contributed by atoms with E-state index in [4.69, 9.17) is 0 Å². The molecule has 0 saturated carbocycles. The molecule has 37 heavy (non-hydrogen) atoms. The molecule has 0 aliphatic rings. The normalized spacial score (nSPS) is 12.2. The van der Waals surface area contributed by atoms with Crippen molar-refractivity contribution in [3.05, 3.63) is 115 Å². The Balaban J connectivity index is 1.59.